The van der Waals surface area contributed by atoms with E-state index in [0.29, 0.717) is 5.69 Å². The van der Waals surface area contributed by atoms with Crippen LogP contribution in [0.4, 0.5) is 11.4 Å². The third-order valence-electron chi connectivity index (χ3n) is 5.09. The second-order valence-electron chi connectivity index (χ2n) is 7.58. The molecule has 0 aliphatic rings. The van der Waals surface area contributed by atoms with Gasteiger partial charge in [-0.25, -0.2) is 9.48 Å². The van der Waals surface area contributed by atoms with Crippen LogP contribution in [-0.2, 0) is 11.3 Å². The fourth-order valence-electron chi connectivity index (χ4n) is 3.54. The number of benzene rings is 3. The van der Waals surface area contributed by atoms with Crippen LogP contribution in [0.3, 0.4) is 0 Å². The quantitative estimate of drug-likeness (QED) is 0.408. The Hall–Kier alpha value is -4.79. The van der Waals surface area contributed by atoms with E-state index < -0.39 is 29.9 Å². The summed E-state index contributed by atoms with van der Waals surface area (Å²) in [5.74, 6) is -2.38. The summed E-state index contributed by atoms with van der Waals surface area (Å²) in [6.45, 7) is 1.38. The number of anilines is 2. The lowest BCUT2D eigenvalue weighted by Crippen LogP contribution is -2.31. The van der Waals surface area contributed by atoms with Crippen molar-refractivity contribution in [3.8, 4) is 0 Å². The van der Waals surface area contributed by atoms with Crippen molar-refractivity contribution < 1.29 is 19.5 Å². The minimum absolute atomic E-state index is 0.139. The molecule has 2 amide bonds. The van der Waals surface area contributed by atoms with Gasteiger partial charge in [0.1, 0.15) is 6.54 Å². The normalized spacial score (nSPS) is 10.6. The number of nitrogens with zero attached hydrogens (tertiary/aromatic N) is 2. The molecule has 9 nitrogen and oxygen atoms in total. The summed E-state index contributed by atoms with van der Waals surface area (Å²) in [6, 6.07) is 19.9. The SMILES string of the molecule is Cc1cccc(NC(=O)c2ccccc2NC(=O)Cn2nc(C(=O)O)c3ccccc3c2=O)c1. The number of para-hydroxylation sites is 1. The molecule has 4 rings (SSSR count). The summed E-state index contributed by atoms with van der Waals surface area (Å²) < 4.78 is 0.802. The van der Waals surface area contributed by atoms with Gasteiger partial charge in [-0.15, -0.1) is 0 Å². The van der Waals surface area contributed by atoms with Gasteiger partial charge in [0, 0.05) is 11.1 Å². The highest BCUT2D eigenvalue weighted by atomic mass is 16.4. The van der Waals surface area contributed by atoms with Gasteiger partial charge in [-0.2, -0.15) is 5.10 Å². The topological polar surface area (TPSA) is 130 Å². The lowest BCUT2D eigenvalue weighted by Gasteiger charge is -2.13. The Morgan fingerprint density at radius 1 is 0.912 bits per heavy atom. The van der Waals surface area contributed by atoms with Crippen LogP contribution in [0.1, 0.15) is 26.4 Å². The Morgan fingerprint density at radius 2 is 1.62 bits per heavy atom. The van der Waals surface area contributed by atoms with E-state index in [9.17, 15) is 24.3 Å². The number of hydrogen-bond acceptors (Lipinski definition) is 5. The van der Waals surface area contributed by atoms with Crippen LogP contribution in [0.25, 0.3) is 10.8 Å². The second-order valence-corrected chi connectivity index (χ2v) is 7.58. The molecule has 170 valence electrons. The van der Waals surface area contributed by atoms with Gasteiger partial charge in [0.25, 0.3) is 11.5 Å². The van der Waals surface area contributed by atoms with Crippen molar-refractivity contribution in [1.29, 1.82) is 0 Å². The van der Waals surface area contributed by atoms with Crippen molar-refractivity contribution in [2.45, 2.75) is 13.5 Å². The lowest BCUT2D eigenvalue weighted by molar-refractivity contribution is -0.117. The fraction of sp³-hybridized carbons (Fsp3) is 0.0800. The Balaban J connectivity index is 1.58. The number of amides is 2. The van der Waals surface area contributed by atoms with Gasteiger partial charge in [0.2, 0.25) is 5.91 Å². The average Bonchev–Trinajstić information content (AvgIpc) is 2.81. The molecule has 0 aliphatic heterocycles. The van der Waals surface area contributed by atoms with Crippen LogP contribution < -0.4 is 16.2 Å². The molecule has 0 unspecified atom stereocenters. The Morgan fingerprint density at radius 3 is 2.35 bits per heavy atom. The molecule has 0 aliphatic carbocycles. The first kappa shape index (κ1) is 22.4. The van der Waals surface area contributed by atoms with Gasteiger partial charge >= 0.3 is 5.97 Å². The van der Waals surface area contributed by atoms with Crippen LogP contribution in [0.5, 0.6) is 0 Å². The molecule has 0 radical (unpaired) electrons. The van der Waals surface area contributed by atoms with Gasteiger partial charge in [-0.05, 0) is 42.8 Å². The molecule has 34 heavy (non-hydrogen) atoms. The highest BCUT2D eigenvalue weighted by molar-refractivity contribution is 6.10. The Labute approximate surface area is 193 Å². The standard InChI is InChI=1S/C25H20N4O5/c1-15-7-6-8-16(13-15)26-23(31)19-11-4-5-12-20(19)27-21(30)14-29-24(32)18-10-3-2-9-17(18)22(28-29)25(33)34/h2-13H,14H2,1H3,(H,26,31)(H,27,30)(H,33,34). The van der Waals surface area contributed by atoms with E-state index in [-0.39, 0.29) is 27.7 Å². The van der Waals surface area contributed by atoms with Crippen molar-refractivity contribution in [3.05, 3.63) is 100.0 Å². The number of aromatic nitrogens is 2. The van der Waals surface area contributed by atoms with Crippen LogP contribution in [0.15, 0.2) is 77.6 Å². The van der Waals surface area contributed by atoms with E-state index in [1.165, 1.54) is 12.1 Å². The van der Waals surface area contributed by atoms with Crippen LogP contribution in [0.2, 0.25) is 0 Å². The molecule has 0 saturated heterocycles. The summed E-state index contributed by atoms with van der Waals surface area (Å²) in [5.41, 5.74) is 1.13. The molecule has 1 aromatic heterocycles. The highest BCUT2D eigenvalue weighted by Gasteiger charge is 2.18. The van der Waals surface area contributed by atoms with Crippen molar-refractivity contribution >= 4 is 39.9 Å². The molecule has 3 aromatic carbocycles. The van der Waals surface area contributed by atoms with Gasteiger partial charge in [-0.3, -0.25) is 14.4 Å². The average molecular weight is 456 g/mol. The van der Waals surface area contributed by atoms with E-state index in [1.807, 2.05) is 25.1 Å². The number of carboxylic acid groups (broad SMARTS) is 1. The summed E-state index contributed by atoms with van der Waals surface area (Å²) >= 11 is 0. The molecule has 0 bridgehead atoms. The third-order valence-corrected chi connectivity index (χ3v) is 5.09. The number of aryl methyl sites for hydroxylation is 1. The Bertz CT molecular complexity index is 1490. The maximum atomic E-state index is 12.8. The van der Waals surface area contributed by atoms with Gasteiger partial charge < -0.3 is 15.7 Å². The van der Waals surface area contributed by atoms with Gasteiger partial charge in [-0.1, -0.05) is 42.5 Å². The van der Waals surface area contributed by atoms with Crippen molar-refractivity contribution in [2.24, 2.45) is 0 Å². The van der Waals surface area contributed by atoms with Gasteiger partial charge in [0.05, 0.1) is 16.6 Å². The van der Waals surface area contributed by atoms with Crippen LogP contribution >= 0.6 is 0 Å². The van der Waals surface area contributed by atoms with Crippen LogP contribution in [-0.4, -0.2) is 32.7 Å². The summed E-state index contributed by atoms with van der Waals surface area (Å²) in [7, 11) is 0. The van der Waals surface area contributed by atoms with Gasteiger partial charge in [0.15, 0.2) is 5.69 Å². The predicted molar refractivity (Wildman–Crippen MR) is 127 cm³/mol. The van der Waals surface area contributed by atoms with E-state index >= 15 is 0 Å². The molecular weight excluding hydrogens is 436 g/mol. The first-order valence-corrected chi connectivity index (χ1v) is 10.3. The molecule has 0 atom stereocenters. The minimum Gasteiger partial charge on any atom is -0.476 e. The number of aromatic carboxylic acids is 1. The molecule has 0 saturated carbocycles. The molecule has 0 fully saturated rings. The summed E-state index contributed by atoms with van der Waals surface area (Å²) in [5, 5.41) is 19.1. The zero-order valence-electron chi connectivity index (χ0n) is 18.1. The van der Waals surface area contributed by atoms with E-state index in [2.05, 4.69) is 15.7 Å². The first-order chi connectivity index (χ1) is 16.3. The number of nitrogens with one attached hydrogen (secondary N) is 2. The zero-order valence-corrected chi connectivity index (χ0v) is 18.1. The molecular formula is C25H20N4O5. The fourth-order valence-corrected chi connectivity index (χ4v) is 3.54. The largest absolute Gasteiger partial charge is 0.476 e. The second kappa shape index (κ2) is 9.37. The third kappa shape index (κ3) is 4.68. The van der Waals surface area contributed by atoms with E-state index in [0.717, 1.165) is 10.2 Å². The smallest absolute Gasteiger partial charge is 0.357 e. The minimum atomic E-state index is -1.32. The first-order valence-electron chi connectivity index (χ1n) is 10.3. The summed E-state index contributed by atoms with van der Waals surface area (Å²) in [6.07, 6.45) is 0. The summed E-state index contributed by atoms with van der Waals surface area (Å²) in [4.78, 5) is 49.9. The molecule has 4 aromatic rings. The van der Waals surface area contributed by atoms with Crippen molar-refractivity contribution in [3.63, 3.8) is 0 Å². The number of rotatable bonds is 6. The van der Waals surface area contributed by atoms with Crippen molar-refractivity contribution in [2.75, 3.05) is 10.6 Å². The number of carbonyl (C=O) groups is 3. The van der Waals surface area contributed by atoms with E-state index in [1.54, 1.807) is 42.5 Å². The zero-order chi connectivity index (χ0) is 24.2. The number of hydrogen-bond donors (Lipinski definition) is 3. The van der Waals surface area contributed by atoms with Crippen LogP contribution in [0, 0.1) is 6.92 Å². The maximum Gasteiger partial charge on any atom is 0.357 e. The highest BCUT2D eigenvalue weighted by Crippen LogP contribution is 2.18. The van der Waals surface area contributed by atoms with Crippen molar-refractivity contribution in [1.82, 2.24) is 9.78 Å². The molecule has 3 N–H and O–H groups in total. The van der Waals surface area contributed by atoms with E-state index in [4.69, 9.17) is 0 Å². The number of fused-ring (bicyclic) bond motifs is 1. The number of carboxylic acids is 1. The molecule has 1 heterocycles. The lowest BCUT2D eigenvalue weighted by atomic mass is 10.1. The Kier molecular flexibility index (Phi) is 6.18. The monoisotopic (exact) mass is 456 g/mol. The number of carbonyl (C=O) groups excluding carboxylic acids is 2. The molecule has 9 heteroatoms. The maximum absolute atomic E-state index is 12.8. The molecule has 0 spiro atoms. The predicted octanol–water partition coefficient (Wildman–Crippen LogP) is 3.29.